The van der Waals surface area contributed by atoms with Gasteiger partial charge in [0.2, 0.25) is 11.8 Å². The minimum Gasteiger partial charge on any atom is -0.349 e. The van der Waals surface area contributed by atoms with E-state index in [4.69, 9.17) is 5.73 Å². The Morgan fingerprint density at radius 3 is 2.64 bits per heavy atom. The third-order valence-corrected chi connectivity index (χ3v) is 5.01. The Morgan fingerprint density at radius 1 is 1.40 bits per heavy atom. The molecule has 3 rings (SSSR count). The predicted octanol–water partition coefficient (Wildman–Crippen LogP) is 1.98. The van der Waals surface area contributed by atoms with E-state index in [2.05, 4.69) is 5.32 Å². The van der Waals surface area contributed by atoms with Crippen molar-refractivity contribution in [3.63, 3.8) is 0 Å². The number of nitrogens with zero attached hydrogens (tertiary/aromatic N) is 1. The summed E-state index contributed by atoms with van der Waals surface area (Å²) in [5, 5.41) is 2.97. The number of nitrogens with one attached hydrogen (secondary N) is 1. The van der Waals surface area contributed by atoms with Crippen molar-refractivity contribution in [1.29, 1.82) is 0 Å². The molecule has 2 atom stereocenters. The monoisotopic (exact) mass is 373 g/mol. The van der Waals surface area contributed by atoms with Crippen molar-refractivity contribution in [1.82, 2.24) is 5.32 Å². The number of anilines is 1. The van der Waals surface area contributed by atoms with Crippen LogP contribution in [0.15, 0.2) is 18.2 Å². The molecule has 1 heterocycles. The second kappa shape index (κ2) is 7.25. The molecule has 5 nitrogen and oxygen atoms in total. The van der Waals surface area contributed by atoms with Gasteiger partial charge in [0.05, 0.1) is 17.1 Å². The fourth-order valence-corrected chi connectivity index (χ4v) is 3.24. The van der Waals surface area contributed by atoms with Gasteiger partial charge >= 0.3 is 0 Å². The van der Waals surface area contributed by atoms with E-state index in [0.717, 1.165) is 25.0 Å². The van der Waals surface area contributed by atoms with Gasteiger partial charge in [-0.3, -0.25) is 9.59 Å². The maximum absolute atomic E-state index is 13.9. The summed E-state index contributed by atoms with van der Waals surface area (Å²) in [5.74, 6) is -2.30. The molecule has 0 radical (unpaired) electrons. The number of hydrogen-bond donors (Lipinski definition) is 2. The second-order valence-corrected chi connectivity index (χ2v) is 6.89. The van der Waals surface area contributed by atoms with Crippen LogP contribution >= 0.6 is 12.4 Å². The zero-order valence-electron chi connectivity index (χ0n) is 13.9. The molecule has 0 spiro atoms. The molecule has 0 bridgehead atoms. The molecule has 1 aromatic carbocycles. The SMILES string of the molecule is CC(CN)(NC(=O)C1CC(=O)N(c2ccc(F)cc2F)C1)C1CC1.Cl. The van der Waals surface area contributed by atoms with E-state index in [9.17, 15) is 18.4 Å². The Labute approximate surface area is 151 Å². The molecular formula is C17H22ClF2N3O2. The molecule has 138 valence electrons. The summed E-state index contributed by atoms with van der Waals surface area (Å²) in [5.41, 5.74) is 5.33. The Morgan fingerprint density at radius 2 is 2.08 bits per heavy atom. The van der Waals surface area contributed by atoms with Gasteiger partial charge in [-0.15, -0.1) is 12.4 Å². The van der Waals surface area contributed by atoms with Gasteiger partial charge in [0, 0.05) is 25.6 Å². The van der Waals surface area contributed by atoms with E-state index in [1.165, 1.54) is 11.0 Å². The molecule has 3 N–H and O–H groups in total. The number of carbonyl (C=O) groups excluding carboxylic acids is 2. The van der Waals surface area contributed by atoms with Gasteiger partial charge in [0.25, 0.3) is 0 Å². The fraction of sp³-hybridized carbons (Fsp3) is 0.529. The first-order valence-corrected chi connectivity index (χ1v) is 8.11. The van der Waals surface area contributed by atoms with Crippen LogP contribution in [-0.2, 0) is 9.59 Å². The third-order valence-electron chi connectivity index (χ3n) is 5.01. The summed E-state index contributed by atoms with van der Waals surface area (Å²) in [6.07, 6.45) is 2.07. The molecule has 2 fully saturated rings. The summed E-state index contributed by atoms with van der Waals surface area (Å²) in [7, 11) is 0. The molecule has 8 heteroatoms. The number of halogens is 3. The van der Waals surface area contributed by atoms with Crippen molar-refractivity contribution >= 4 is 29.9 Å². The lowest BCUT2D eigenvalue weighted by atomic mass is 9.94. The summed E-state index contributed by atoms with van der Waals surface area (Å²) in [6.45, 7) is 2.33. The maximum atomic E-state index is 13.9. The van der Waals surface area contributed by atoms with Crippen molar-refractivity contribution in [3.8, 4) is 0 Å². The number of benzene rings is 1. The van der Waals surface area contributed by atoms with Crippen molar-refractivity contribution in [2.75, 3.05) is 18.0 Å². The molecule has 25 heavy (non-hydrogen) atoms. The lowest BCUT2D eigenvalue weighted by molar-refractivity contribution is -0.128. The van der Waals surface area contributed by atoms with Crippen LogP contribution in [0.2, 0.25) is 0 Å². The van der Waals surface area contributed by atoms with Gasteiger partial charge in [-0.2, -0.15) is 0 Å². The number of rotatable bonds is 5. The third kappa shape index (κ3) is 3.93. The van der Waals surface area contributed by atoms with E-state index >= 15 is 0 Å². The van der Waals surface area contributed by atoms with Crippen molar-refractivity contribution in [2.24, 2.45) is 17.6 Å². The van der Waals surface area contributed by atoms with Crippen LogP contribution in [0.3, 0.4) is 0 Å². The molecule has 2 unspecified atom stereocenters. The van der Waals surface area contributed by atoms with Crippen LogP contribution in [0.5, 0.6) is 0 Å². The molecule has 2 amide bonds. The lowest BCUT2D eigenvalue weighted by Crippen LogP contribution is -2.54. The fourth-order valence-electron chi connectivity index (χ4n) is 3.24. The molecule has 1 aliphatic heterocycles. The average molecular weight is 374 g/mol. The van der Waals surface area contributed by atoms with Gasteiger partial charge in [-0.05, 0) is 37.8 Å². The van der Waals surface area contributed by atoms with Gasteiger partial charge < -0.3 is 16.0 Å². The lowest BCUT2D eigenvalue weighted by Gasteiger charge is -2.30. The van der Waals surface area contributed by atoms with Crippen LogP contribution in [0.25, 0.3) is 0 Å². The van der Waals surface area contributed by atoms with E-state index in [0.29, 0.717) is 12.5 Å². The zero-order valence-corrected chi connectivity index (χ0v) is 14.7. The first kappa shape index (κ1) is 19.6. The van der Waals surface area contributed by atoms with Crippen LogP contribution in [0.1, 0.15) is 26.2 Å². The molecule has 1 aromatic rings. The quantitative estimate of drug-likeness (QED) is 0.828. The summed E-state index contributed by atoms with van der Waals surface area (Å²) in [6, 6.07) is 3.04. The van der Waals surface area contributed by atoms with Crippen LogP contribution in [0, 0.1) is 23.5 Å². The molecule has 0 aromatic heterocycles. The zero-order chi connectivity index (χ0) is 17.5. The van der Waals surface area contributed by atoms with Gasteiger partial charge in [0.15, 0.2) is 0 Å². The van der Waals surface area contributed by atoms with E-state index < -0.39 is 23.1 Å². The minimum atomic E-state index is -0.811. The van der Waals surface area contributed by atoms with Gasteiger partial charge in [-0.1, -0.05) is 0 Å². The highest BCUT2D eigenvalue weighted by Gasteiger charge is 2.44. The largest absolute Gasteiger partial charge is 0.349 e. The van der Waals surface area contributed by atoms with Crippen LogP contribution in [-0.4, -0.2) is 30.4 Å². The number of amides is 2. The van der Waals surface area contributed by atoms with Crippen molar-refractivity contribution in [3.05, 3.63) is 29.8 Å². The summed E-state index contributed by atoms with van der Waals surface area (Å²) in [4.78, 5) is 25.9. The standard InChI is InChI=1S/C17H21F2N3O2.ClH/c1-17(9-20,11-2-3-11)21-16(24)10-6-15(23)22(8-10)14-5-4-12(18)7-13(14)19;/h4-5,7,10-11H,2-3,6,8-9,20H2,1H3,(H,21,24);1H. The highest BCUT2D eigenvalue weighted by Crippen LogP contribution is 2.39. The first-order chi connectivity index (χ1) is 11.3. The Kier molecular flexibility index (Phi) is 5.68. The normalized spacial score (nSPS) is 22.3. The van der Waals surface area contributed by atoms with E-state index in [-0.39, 0.29) is 42.9 Å². The number of carbonyl (C=O) groups is 2. The van der Waals surface area contributed by atoms with Crippen molar-refractivity contribution in [2.45, 2.75) is 31.7 Å². The molecular weight excluding hydrogens is 352 g/mol. The molecule has 1 aliphatic carbocycles. The molecule has 1 saturated carbocycles. The summed E-state index contributed by atoms with van der Waals surface area (Å²) < 4.78 is 26.9. The smallest absolute Gasteiger partial charge is 0.227 e. The molecule has 2 aliphatic rings. The number of hydrogen-bond acceptors (Lipinski definition) is 3. The average Bonchev–Trinajstić information content (AvgIpc) is 3.31. The molecule has 1 saturated heterocycles. The van der Waals surface area contributed by atoms with Crippen molar-refractivity contribution < 1.29 is 18.4 Å². The highest BCUT2D eigenvalue weighted by atomic mass is 35.5. The van der Waals surface area contributed by atoms with E-state index in [1.807, 2.05) is 6.92 Å². The summed E-state index contributed by atoms with van der Waals surface area (Å²) >= 11 is 0. The number of nitrogens with two attached hydrogens (primary N) is 1. The Balaban J connectivity index is 0.00000225. The Bertz CT molecular complexity index is 684. The maximum Gasteiger partial charge on any atom is 0.227 e. The first-order valence-electron chi connectivity index (χ1n) is 8.11. The predicted molar refractivity (Wildman–Crippen MR) is 92.4 cm³/mol. The van der Waals surface area contributed by atoms with Crippen LogP contribution in [0.4, 0.5) is 14.5 Å². The van der Waals surface area contributed by atoms with Crippen LogP contribution < -0.4 is 16.0 Å². The van der Waals surface area contributed by atoms with E-state index in [1.54, 1.807) is 0 Å². The van der Waals surface area contributed by atoms with Gasteiger partial charge in [0.1, 0.15) is 11.6 Å². The topological polar surface area (TPSA) is 75.4 Å². The second-order valence-electron chi connectivity index (χ2n) is 6.89. The van der Waals surface area contributed by atoms with Gasteiger partial charge in [-0.25, -0.2) is 8.78 Å². The Hall–Kier alpha value is -1.73. The minimum absolute atomic E-state index is 0. The highest BCUT2D eigenvalue weighted by molar-refractivity contribution is 6.00.